The monoisotopic (exact) mass is 742 g/mol. The van der Waals surface area contributed by atoms with Gasteiger partial charge in [-0.25, -0.2) is 9.37 Å². The van der Waals surface area contributed by atoms with Crippen LogP contribution < -0.4 is 15.1 Å². The molecular weight excluding hydrogens is 700 g/mol. The summed E-state index contributed by atoms with van der Waals surface area (Å²) in [5, 5.41) is 3.53. The lowest BCUT2D eigenvalue weighted by Gasteiger charge is -2.53. The maximum absolute atomic E-state index is 14.5. The van der Waals surface area contributed by atoms with E-state index in [0.29, 0.717) is 52.9 Å². The van der Waals surface area contributed by atoms with Gasteiger partial charge in [-0.15, -0.1) is 11.3 Å². The standard InChI is InChI=1S/C44H43FN4O4S/c1-28-23-34(41(46-25-28)48-26-44(27-48)18-21-53-22-19-44)37(50)12-6-8-30-13-15-31(16-14-30)43(52)49-20-17-32-24-38(54-40(32)33-9-3-4-11-36(33)49)47-42(51)39-29(2)7-5-10-35(39)45/h3-5,7,9-11,13-16,23-25H,6,8,12,17-22,26-27H2,1-2H3,(H,47,51). The summed E-state index contributed by atoms with van der Waals surface area (Å²) in [6, 6.07) is 24.0. The zero-order chi connectivity index (χ0) is 37.4. The highest BCUT2D eigenvalue weighted by Crippen LogP contribution is 2.44. The third kappa shape index (κ3) is 7.08. The quantitative estimate of drug-likeness (QED) is 0.152. The molecule has 5 aromatic rings. The summed E-state index contributed by atoms with van der Waals surface area (Å²) in [7, 11) is 0. The second-order valence-corrected chi connectivity index (χ2v) is 16.0. The number of carbonyl (C=O) groups excluding carboxylic acids is 3. The van der Waals surface area contributed by atoms with Crippen molar-refractivity contribution in [3.8, 4) is 10.4 Å². The fraction of sp³-hybridized carbons (Fsp3) is 0.318. The van der Waals surface area contributed by atoms with Crippen molar-refractivity contribution in [2.24, 2.45) is 5.41 Å². The van der Waals surface area contributed by atoms with Crippen molar-refractivity contribution in [3.05, 3.63) is 130 Å². The molecule has 0 saturated carbocycles. The van der Waals surface area contributed by atoms with Crippen molar-refractivity contribution >= 4 is 45.4 Å². The number of nitrogens with zero attached hydrogens (tertiary/aromatic N) is 3. The number of anilines is 3. The molecule has 2 aromatic heterocycles. The van der Waals surface area contributed by atoms with E-state index in [0.717, 1.165) is 84.2 Å². The minimum Gasteiger partial charge on any atom is -0.381 e. The van der Waals surface area contributed by atoms with E-state index in [9.17, 15) is 18.8 Å². The number of ketones is 1. The first-order valence-corrected chi connectivity index (χ1v) is 19.5. The number of fused-ring (bicyclic) bond motifs is 3. The molecule has 276 valence electrons. The molecule has 3 aliphatic heterocycles. The Bertz CT molecular complexity index is 2220. The SMILES string of the molecule is Cc1cnc(N2CC3(CCOCC3)C2)c(C(=O)CCCc2ccc(C(=O)N3CCc4cc(NC(=O)c5c(C)cccc5F)sc4-c4ccccc43)cc2)c1. The zero-order valence-electron chi connectivity index (χ0n) is 30.6. The molecule has 0 atom stereocenters. The molecule has 0 radical (unpaired) electrons. The normalized spacial score (nSPS) is 15.9. The van der Waals surface area contributed by atoms with Crippen LogP contribution in [0.25, 0.3) is 10.4 Å². The summed E-state index contributed by atoms with van der Waals surface area (Å²) >= 11 is 1.43. The number of nitrogens with one attached hydrogen (secondary N) is 1. The molecule has 0 unspecified atom stereocenters. The van der Waals surface area contributed by atoms with Crippen molar-refractivity contribution in [1.82, 2.24) is 4.98 Å². The van der Waals surface area contributed by atoms with E-state index < -0.39 is 11.7 Å². The van der Waals surface area contributed by atoms with Crippen LogP contribution in [0.2, 0.25) is 0 Å². The van der Waals surface area contributed by atoms with Crippen LogP contribution in [0.4, 0.5) is 20.9 Å². The number of amides is 2. The van der Waals surface area contributed by atoms with Crippen LogP contribution in [0.3, 0.4) is 0 Å². The van der Waals surface area contributed by atoms with E-state index in [2.05, 4.69) is 10.2 Å². The summed E-state index contributed by atoms with van der Waals surface area (Å²) in [6.07, 6.45) is 6.42. The number of hydrogen-bond acceptors (Lipinski definition) is 7. The Labute approximate surface area is 319 Å². The Balaban J connectivity index is 0.907. The van der Waals surface area contributed by atoms with Crippen molar-refractivity contribution in [3.63, 3.8) is 0 Å². The summed E-state index contributed by atoms with van der Waals surface area (Å²) in [5.74, 6) is -0.202. The molecule has 10 heteroatoms. The molecule has 0 aliphatic carbocycles. The average molecular weight is 743 g/mol. The number of pyridine rings is 1. The number of aromatic nitrogens is 1. The molecule has 3 aromatic carbocycles. The van der Waals surface area contributed by atoms with Crippen LogP contribution in [-0.4, -0.2) is 55.4 Å². The van der Waals surface area contributed by atoms with Crippen molar-refractivity contribution < 1.29 is 23.5 Å². The summed E-state index contributed by atoms with van der Waals surface area (Å²) in [6.45, 7) is 7.63. The molecular formula is C44H43FN4O4S. The van der Waals surface area contributed by atoms with Gasteiger partial charge in [0, 0.05) is 66.9 Å². The van der Waals surface area contributed by atoms with E-state index in [1.165, 1.54) is 17.4 Å². The summed E-state index contributed by atoms with van der Waals surface area (Å²) in [4.78, 5) is 50.3. The maximum Gasteiger partial charge on any atom is 0.259 e. The van der Waals surface area contributed by atoms with Gasteiger partial charge < -0.3 is 19.9 Å². The maximum atomic E-state index is 14.5. The zero-order valence-corrected chi connectivity index (χ0v) is 31.4. The number of halogens is 1. The van der Waals surface area contributed by atoms with Gasteiger partial charge in [-0.3, -0.25) is 14.4 Å². The van der Waals surface area contributed by atoms with Crippen molar-refractivity contribution in [2.45, 2.75) is 52.4 Å². The van der Waals surface area contributed by atoms with Crippen LogP contribution in [-0.2, 0) is 17.6 Å². The number of Topliss-reactive ketones (excluding diaryl/α,β-unsaturated/α-hetero) is 1. The molecule has 1 N–H and O–H groups in total. The number of benzene rings is 3. The van der Waals surface area contributed by atoms with Crippen molar-refractivity contribution in [1.29, 1.82) is 0 Å². The lowest BCUT2D eigenvalue weighted by atomic mass is 9.73. The van der Waals surface area contributed by atoms with E-state index in [4.69, 9.17) is 9.72 Å². The molecule has 2 fully saturated rings. The number of rotatable bonds is 9. The van der Waals surface area contributed by atoms with Crippen LogP contribution in [0.1, 0.15) is 79.0 Å². The Kier molecular flexibility index (Phi) is 9.89. The third-order valence-electron chi connectivity index (χ3n) is 11.1. The number of aryl methyl sites for hydroxylation is 3. The van der Waals surface area contributed by atoms with Gasteiger partial charge in [-0.1, -0.05) is 42.5 Å². The van der Waals surface area contributed by atoms with Crippen LogP contribution >= 0.6 is 11.3 Å². The summed E-state index contributed by atoms with van der Waals surface area (Å²) < 4.78 is 20.1. The van der Waals surface area contributed by atoms with E-state index in [-0.39, 0.29) is 17.3 Å². The van der Waals surface area contributed by atoms with Gasteiger partial charge in [0.15, 0.2) is 5.78 Å². The predicted molar refractivity (Wildman–Crippen MR) is 212 cm³/mol. The lowest BCUT2D eigenvalue weighted by molar-refractivity contribution is -0.000516. The first-order valence-electron chi connectivity index (χ1n) is 18.7. The topological polar surface area (TPSA) is 91.8 Å². The fourth-order valence-electron chi connectivity index (χ4n) is 8.07. The Morgan fingerprint density at radius 2 is 1.74 bits per heavy atom. The Hall–Kier alpha value is -5.19. The van der Waals surface area contributed by atoms with Gasteiger partial charge in [0.25, 0.3) is 11.8 Å². The van der Waals surface area contributed by atoms with Crippen LogP contribution in [0, 0.1) is 25.1 Å². The minimum atomic E-state index is -0.552. The van der Waals surface area contributed by atoms with Crippen molar-refractivity contribution in [2.75, 3.05) is 48.0 Å². The number of hydrogen-bond donors (Lipinski definition) is 1. The molecule has 5 heterocycles. The van der Waals surface area contributed by atoms with Gasteiger partial charge >= 0.3 is 0 Å². The Morgan fingerprint density at radius 3 is 2.52 bits per heavy atom. The fourth-order valence-corrected chi connectivity index (χ4v) is 9.21. The largest absolute Gasteiger partial charge is 0.381 e. The first-order chi connectivity index (χ1) is 26.2. The number of para-hydroxylation sites is 1. The first kappa shape index (κ1) is 35.8. The van der Waals surface area contributed by atoms with Gasteiger partial charge in [0.2, 0.25) is 0 Å². The highest BCUT2D eigenvalue weighted by molar-refractivity contribution is 7.19. The molecule has 3 aliphatic rings. The molecule has 54 heavy (non-hydrogen) atoms. The second kappa shape index (κ2) is 14.9. The van der Waals surface area contributed by atoms with Crippen LogP contribution in [0.15, 0.2) is 85.1 Å². The lowest BCUT2D eigenvalue weighted by Crippen LogP contribution is -2.59. The Morgan fingerprint density at radius 1 is 0.963 bits per heavy atom. The molecule has 1 spiro atoms. The number of carbonyl (C=O) groups is 3. The number of ether oxygens (including phenoxy) is 1. The predicted octanol–water partition coefficient (Wildman–Crippen LogP) is 8.84. The average Bonchev–Trinajstić information content (AvgIpc) is 3.49. The van der Waals surface area contributed by atoms with Gasteiger partial charge in [-0.05, 0) is 105 Å². The highest BCUT2D eigenvalue weighted by atomic mass is 32.1. The minimum absolute atomic E-state index is 0.0394. The highest BCUT2D eigenvalue weighted by Gasteiger charge is 2.45. The van der Waals surface area contributed by atoms with E-state index in [1.807, 2.05) is 78.7 Å². The molecule has 8 nitrogen and oxygen atoms in total. The molecule has 0 bridgehead atoms. The van der Waals surface area contributed by atoms with Gasteiger partial charge in [-0.2, -0.15) is 0 Å². The van der Waals surface area contributed by atoms with Gasteiger partial charge in [0.05, 0.1) is 21.8 Å². The van der Waals surface area contributed by atoms with Gasteiger partial charge in [0.1, 0.15) is 11.6 Å². The number of thiophene rings is 1. The third-order valence-corrected chi connectivity index (χ3v) is 12.2. The van der Waals surface area contributed by atoms with E-state index in [1.54, 1.807) is 19.1 Å². The smallest absolute Gasteiger partial charge is 0.259 e. The van der Waals surface area contributed by atoms with Crippen LogP contribution in [0.5, 0.6) is 0 Å². The molecule has 2 saturated heterocycles. The van der Waals surface area contributed by atoms with E-state index >= 15 is 0 Å². The molecule has 2 amide bonds. The summed E-state index contributed by atoms with van der Waals surface area (Å²) in [5.41, 5.74) is 7.01. The molecule has 8 rings (SSSR count). The second-order valence-electron chi connectivity index (χ2n) is 14.9.